The molecule has 5 heteroatoms. The fraction of sp³-hybridized carbons (Fsp3) is 0.312. The summed E-state index contributed by atoms with van der Waals surface area (Å²) in [4.78, 5) is 21.3. The highest BCUT2D eigenvalue weighted by Crippen LogP contribution is 2.39. The summed E-state index contributed by atoms with van der Waals surface area (Å²) in [5, 5.41) is 0.381. The van der Waals surface area contributed by atoms with Gasteiger partial charge in [-0.1, -0.05) is 11.6 Å². The van der Waals surface area contributed by atoms with Crippen molar-refractivity contribution in [3.63, 3.8) is 0 Å². The first-order valence-corrected chi connectivity index (χ1v) is 7.13. The van der Waals surface area contributed by atoms with E-state index in [0.717, 1.165) is 5.56 Å². The monoisotopic (exact) mass is 304 g/mol. The number of halogens is 2. The lowest BCUT2D eigenvalue weighted by atomic mass is 9.70. The maximum atomic E-state index is 14.1. The highest BCUT2D eigenvalue weighted by Gasteiger charge is 2.44. The molecule has 0 saturated carbocycles. The lowest BCUT2D eigenvalue weighted by Crippen LogP contribution is -2.40. The van der Waals surface area contributed by atoms with E-state index in [1.54, 1.807) is 13.0 Å². The maximum absolute atomic E-state index is 14.1. The van der Waals surface area contributed by atoms with Crippen LogP contribution in [0.1, 0.15) is 40.7 Å². The van der Waals surface area contributed by atoms with Gasteiger partial charge >= 0.3 is 0 Å². The van der Waals surface area contributed by atoms with Crippen LogP contribution >= 0.6 is 11.6 Å². The molecule has 0 radical (unpaired) electrons. The van der Waals surface area contributed by atoms with Gasteiger partial charge < -0.3 is 0 Å². The summed E-state index contributed by atoms with van der Waals surface area (Å²) in [7, 11) is 0. The molecule has 108 valence electrons. The van der Waals surface area contributed by atoms with Gasteiger partial charge in [0.25, 0.3) is 0 Å². The van der Waals surface area contributed by atoms with Crippen molar-refractivity contribution >= 4 is 17.4 Å². The summed E-state index contributed by atoms with van der Waals surface area (Å²) in [5.74, 6) is -0.584. The normalized spacial score (nSPS) is 21.2. The SMILES string of the molecule is Cc1cc(Cl)nc2c1C(=O)C(C)(c1ncccc1F)CC2. The van der Waals surface area contributed by atoms with Gasteiger partial charge in [0.2, 0.25) is 0 Å². The highest BCUT2D eigenvalue weighted by molar-refractivity contribution is 6.29. The Hall–Kier alpha value is -1.81. The maximum Gasteiger partial charge on any atom is 0.176 e. The summed E-state index contributed by atoms with van der Waals surface area (Å²) in [6.07, 6.45) is 2.56. The molecule has 2 aromatic rings. The Labute approximate surface area is 127 Å². The van der Waals surface area contributed by atoms with Crippen LogP contribution in [0.4, 0.5) is 4.39 Å². The molecule has 0 bridgehead atoms. The van der Waals surface area contributed by atoms with E-state index in [4.69, 9.17) is 11.6 Å². The van der Waals surface area contributed by atoms with E-state index < -0.39 is 11.2 Å². The second-order valence-corrected chi connectivity index (χ2v) is 5.97. The van der Waals surface area contributed by atoms with Crippen LogP contribution in [0.5, 0.6) is 0 Å². The van der Waals surface area contributed by atoms with Crippen molar-refractivity contribution in [3.8, 4) is 0 Å². The second-order valence-electron chi connectivity index (χ2n) is 5.58. The Balaban J connectivity index is 2.17. The molecular weight excluding hydrogens is 291 g/mol. The van der Waals surface area contributed by atoms with Crippen molar-refractivity contribution in [3.05, 3.63) is 57.9 Å². The summed E-state index contributed by atoms with van der Waals surface area (Å²) >= 11 is 5.95. The van der Waals surface area contributed by atoms with Gasteiger partial charge in [-0.05, 0) is 50.5 Å². The van der Waals surface area contributed by atoms with Gasteiger partial charge in [-0.15, -0.1) is 0 Å². The molecular formula is C16H14ClFN2O. The van der Waals surface area contributed by atoms with Gasteiger partial charge in [0.1, 0.15) is 11.0 Å². The van der Waals surface area contributed by atoms with Crippen LogP contribution in [0.3, 0.4) is 0 Å². The fourth-order valence-electron chi connectivity index (χ4n) is 2.96. The third-order valence-electron chi connectivity index (χ3n) is 4.13. The van der Waals surface area contributed by atoms with Gasteiger partial charge in [-0.25, -0.2) is 9.37 Å². The topological polar surface area (TPSA) is 42.9 Å². The molecule has 2 aromatic heterocycles. The number of fused-ring (bicyclic) bond motifs is 1. The van der Waals surface area contributed by atoms with Crippen LogP contribution in [-0.2, 0) is 11.8 Å². The average Bonchev–Trinajstić information content (AvgIpc) is 2.43. The van der Waals surface area contributed by atoms with Crippen molar-refractivity contribution in [1.82, 2.24) is 9.97 Å². The minimum Gasteiger partial charge on any atom is -0.293 e. The van der Waals surface area contributed by atoms with Crippen LogP contribution in [0, 0.1) is 12.7 Å². The third-order valence-corrected chi connectivity index (χ3v) is 4.33. The lowest BCUT2D eigenvalue weighted by Gasteiger charge is -2.33. The first-order chi connectivity index (χ1) is 9.93. The molecule has 1 aliphatic rings. The largest absolute Gasteiger partial charge is 0.293 e. The number of hydrogen-bond acceptors (Lipinski definition) is 3. The van der Waals surface area contributed by atoms with Gasteiger partial charge in [0.15, 0.2) is 5.78 Å². The first-order valence-electron chi connectivity index (χ1n) is 6.75. The minimum absolute atomic E-state index is 0.136. The number of pyridine rings is 2. The standard InChI is InChI=1S/C16H14ClFN2O/c1-9-8-12(17)20-11-5-6-16(2,15(21)13(9)11)14-10(18)4-3-7-19-14/h3-4,7-8H,5-6H2,1-2H3. The predicted octanol–water partition coefficient (Wildman–Crippen LogP) is 3.66. The zero-order valence-corrected chi connectivity index (χ0v) is 12.5. The van der Waals surface area contributed by atoms with Gasteiger partial charge in [0, 0.05) is 11.8 Å². The van der Waals surface area contributed by atoms with Crippen LogP contribution in [-0.4, -0.2) is 15.8 Å². The van der Waals surface area contributed by atoms with Crippen LogP contribution < -0.4 is 0 Å². The van der Waals surface area contributed by atoms with E-state index >= 15 is 0 Å². The minimum atomic E-state index is -0.960. The average molecular weight is 305 g/mol. The molecule has 0 amide bonds. The van der Waals surface area contributed by atoms with Crippen LogP contribution in [0.2, 0.25) is 5.15 Å². The molecule has 0 spiro atoms. The third kappa shape index (κ3) is 2.14. The van der Waals surface area contributed by atoms with E-state index in [-0.39, 0.29) is 11.5 Å². The molecule has 3 nitrogen and oxygen atoms in total. The molecule has 0 saturated heterocycles. The van der Waals surface area contributed by atoms with Crippen molar-refractivity contribution in [2.45, 2.75) is 32.1 Å². The molecule has 2 heterocycles. The molecule has 0 aromatic carbocycles. The Morgan fingerprint density at radius 1 is 1.43 bits per heavy atom. The molecule has 1 atom stereocenters. The Kier molecular flexibility index (Phi) is 3.29. The quantitative estimate of drug-likeness (QED) is 0.755. The van der Waals surface area contributed by atoms with E-state index in [2.05, 4.69) is 9.97 Å². The van der Waals surface area contributed by atoms with Crippen LogP contribution in [0.15, 0.2) is 24.4 Å². The molecule has 1 aliphatic carbocycles. The number of aryl methyl sites for hydroxylation is 2. The number of rotatable bonds is 1. The number of carbonyl (C=O) groups is 1. The van der Waals surface area contributed by atoms with Crippen molar-refractivity contribution < 1.29 is 9.18 Å². The number of Topliss-reactive ketones (excluding diaryl/α,β-unsaturated/α-hetero) is 1. The molecule has 1 unspecified atom stereocenters. The zero-order chi connectivity index (χ0) is 15.2. The molecule has 3 rings (SSSR count). The number of nitrogens with zero attached hydrogens (tertiary/aromatic N) is 2. The number of hydrogen-bond donors (Lipinski definition) is 0. The Morgan fingerprint density at radius 2 is 2.19 bits per heavy atom. The number of aromatic nitrogens is 2. The van der Waals surface area contributed by atoms with Crippen LogP contribution in [0.25, 0.3) is 0 Å². The van der Waals surface area contributed by atoms with Crippen molar-refractivity contribution in [2.75, 3.05) is 0 Å². The summed E-state index contributed by atoms with van der Waals surface area (Å²) in [6.45, 7) is 3.57. The second kappa shape index (κ2) is 4.88. The highest BCUT2D eigenvalue weighted by atomic mass is 35.5. The molecule has 0 fully saturated rings. The van der Waals surface area contributed by atoms with E-state index in [1.165, 1.54) is 18.3 Å². The summed E-state index contributed by atoms with van der Waals surface area (Å²) < 4.78 is 14.1. The fourth-order valence-corrected chi connectivity index (χ4v) is 3.23. The predicted molar refractivity (Wildman–Crippen MR) is 78.2 cm³/mol. The van der Waals surface area contributed by atoms with Gasteiger partial charge in [-0.3, -0.25) is 9.78 Å². The van der Waals surface area contributed by atoms with Crippen molar-refractivity contribution in [1.29, 1.82) is 0 Å². The van der Waals surface area contributed by atoms with E-state index in [9.17, 15) is 9.18 Å². The summed E-state index contributed by atoms with van der Waals surface area (Å²) in [5.41, 5.74) is 1.27. The lowest BCUT2D eigenvalue weighted by molar-refractivity contribution is 0.0866. The Bertz CT molecular complexity index is 747. The zero-order valence-electron chi connectivity index (χ0n) is 11.8. The molecule has 0 aliphatic heterocycles. The molecule has 0 N–H and O–H groups in total. The Morgan fingerprint density at radius 3 is 2.90 bits per heavy atom. The van der Waals surface area contributed by atoms with Gasteiger partial charge in [0.05, 0.1) is 16.8 Å². The van der Waals surface area contributed by atoms with Gasteiger partial charge in [-0.2, -0.15) is 0 Å². The van der Waals surface area contributed by atoms with E-state index in [0.29, 0.717) is 29.3 Å². The first kappa shape index (κ1) is 14.1. The smallest absolute Gasteiger partial charge is 0.176 e. The van der Waals surface area contributed by atoms with Crippen molar-refractivity contribution in [2.24, 2.45) is 0 Å². The summed E-state index contributed by atoms with van der Waals surface area (Å²) in [6, 6.07) is 4.53. The number of ketones is 1. The number of carbonyl (C=O) groups excluding carboxylic acids is 1. The molecule has 21 heavy (non-hydrogen) atoms. The van der Waals surface area contributed by atoms with E-state index in [1.807, 2.05) is 6.92 Å².